The number of carbonyl (C=O) groups is 1. The number of thiophene rings is 1. The zero-order valence-corrected chi connectivity index (χ0v) is 20.5. The van der Waals surface area contributed by atoms with E-state index in [0.29, 0.717) is 40.1 Å². The first kappa shape index (κ1) is 24.3. The minimum absolute atomic E-state index is 0.169. The summed E-state index contributed by atoms with van der Waals surface area (Å²) >= 11 is 1.05. The number of benzene rings is 1. The summed E-state index contributed by atoms with van der Waals surface area (Å²) in [6.45, 7) is 1.69. The van der Waals surface area contributed by atoms with Crippen molar-refractivity contribution in [1.82, 2.24) is 14.3 Å². The first-order valence-electron chi connectivity index (χ1n) is 10.7. The summed E-state index contributed by atoms with van der Waals surface area (Å²) in [7, 11) is -1.90. The number of aromatic nitrogens is 2. The average Bonchev–Trinajstić information content (AvgIpc) is 3.12. The number of nitrogens with one attached hydrogen (secondary N) is 1. The van der Waals surface area contributed by atoms with Gasteiger partial charge in [0.1, 0.15) is 39.5 Å². The molecule has 34 heavy (non-hydrogen) atoms. The van der Waals surface area contributed by atoms with Crippen LogP contribution in [0.2, 0.25) is 0 Å². The summed E-state index contributed by atoms with van der Waals surface area (Å²) in [6.07, 6.45) is 5.05. The van der Waals surface area contributed by atoms with E-state index in [-0.39, 0.29) is 16.7 Å². The third-order valence-corrected chi connectivity index (χ3v) is 8.56. The first-order valence-corrected chi connectivity index (χ1v) is 13.4. The molecule has 0 spiro atoms. The second kappa shape index (κ2) is 9.43. The van der Waals surface area contributed by atoms with Gasteiger partial charge in [0.25, 0.3) is 0 Å². The highest BCUT2D eigenvalue weighted by Gasteiger charge is 2.34. The largest absolute Gasteiger partial charge is 0.486 e. The smallest absolute Gasteiger partial charge is 0.346 e. The van der Waals surface area contributed by atoms with E-state index >= 15 is 0 Å². The Morgan fingerprint density at radius 1 is 1.29 bits per heavy atom. The number of likely N-dealkylation sites (N-methyl/N-ethyl adjacent to an activating group) is 1. The molecular weight excluding hydrogens is 483 g/mol. The number of nitrogens with zero attached hydrogens (tertiary/aromatic N) is 3. The van der Waals surface area contributed by atoms with E-state index in [2.05, 4.69) is 15.3 Å². The van der Waals surface area contributed by atoms with E-state index in [9.17, 15) is 22.7 Å². The van der Waals surface area contributed by atoms with Crippen LogP contribution in [0.3, 0.4) is 0 Å². The van der Waals surface area contributed by atoms with Gasteiger partial charge in [0.2, 0.25) is 10.0 Å². The molecule has 1 saturated carbocycles. The van der Waals surface area contributed by atoms with Gasteiger partial charge in [-0.15, -0.1) is 11.3 Å². The highest BCUT2D eigenvalue weighted by Crippen LogP contribution is 2.38. The molecule has 3 aromatic rings. The van der Waals surface area contributed by atoms with Crippen molar-refractivity contribution in [2.75, 3.05) is 18.6 Å². The first-order chi connectivity index (χ1) is 16.1. The number of ether oxygens (including phenoxy) is 1. The lowest BCUT2D eigenvalue weighted by molar-refractivity contribution is 0.0701. The van der Waals surface area contributed by atoms with Gasteiger partial charge in [0.05, 0.1) is 23.4 Å². The van der Waals surface area contributed by atoms with Gasteiger partial charge in [0.15, 0.2) is 0 Å². The SMILES string of the molecule is Cc1c(C(=O)O)sc2ncnc(Nc3ccc(F)cc3OC3CCCCC3N(C)S(C)(=O)=O)c12. The number of aryl methyl sites for hydroxylation is 1. The zero-order chi connectivity index (χ0) is 24.6. The quantitative estimate of drug-likeness (QED) is 0.488. The van der Waals surface area contributed by atoms with E-state index in [1.165, 1.54) is 35.9 Å². The molecule has 182 valence electrons. The minimum atomic E-state index is -3.43. The van der Waals surface area contributed by atoms with Gasteiger partial charge in [-0.1, -0.05) is 6.42 Å². The predicted molar refractivity (Wildman–Crippen MR) is 128 cm³/mol. The second-order valence-corrected chi connectivity index (χ2v) is 11.4. The lowest BCUT2D eigenvalue weighted by atomic mass is 9.92. The zero-order valence-electron chi connectivity index (χ0n) is 18.9. The van der Waals surface area contributed by atoms with Crippen molar-refractivity contribution >= 4 is 49.1 Å². The molecular formula is C22H25FN4O5S2. The topological polar surface area (TPSA) is 122 Å². The van der Waals surface area contributed by atoms with Crippen molar-refractivity contribution in [1.29, 1.82) is 0 Å². The molecule has 1 fully saturated rings. The number of rotatable bonds is 7. The molecule has 2 N–H and O–H groups in total. The number of sulfonamides is 1. The normalized spacial score (nSPS) is 18.9. The number of hydrogen-bond donors (Lipinski definition) is 2. The number of hydrogen-bond acceptors (Lipinski definition) is 8. The summed E-state index contributed by atoms with van der Waals surface area (Å²) in [5.41, 5.74) is 0.956. The molecule has 0 saturated heterocycles. The molecule has 1 aromatic carbocycles. The highest BCUT2D eigenvalue weighted by molar-refractivity contribution is 7.88. The predicted octanol–water partition coefficient (Wildman–Crippen LogP) is 4.16. The molecule has 2 atom stereocenters. The Balaban J connectivity index is 1.69. The Morgan fingerprint density at radius 2 is 2.03 bits per heavy atom. The van der Waals surface area contributed by atoms with Crippen molar-refractivity contribution in [3.05, 3.63) is 40.8 Å². The van der Waals surface area contributed by atoms with Gasteiger partial charge >= 0.3 is 5.97 Å². The van der Waals surface area contributed by atoms with Crippen LogP contribution >= 0.6 is 11.3 Å². The van der Waals surface area contributed by atoms with Crippen LogP contribution in [0, 0.1) is 12.7 Å². The minimum Gasteiger partial charge on any atom is -0.486 e. The summed E-state index contributed by atoms with van der Waals surface area (Å²) in [5.74, 6) is -0.958. The van der Waals surface area contributed by atoms with E-state index < -0.39 is 27.9 Å². The van der Waals surface area contributed by atoms with Crippen LogP contribution in [0.25, 0.3) is 10.2 Å². The summed E-state index contributed by atoms with van der Waals surface area (Å²) in [6, 6.07) is 3.66. The second-order valence-electron chi connectivity index (χ2n) is 8.32. The monoisotopic (exact) mass is 508 g/mol. The number of fused-ring (bicyclic) bond motifs is 1. The molecule has 0 radical (unpaired) electrons. The Hall–Kier alpha value is -2.83. The van der Waals surface area contributed by atoms with Crippen LogP contribution in [0.15, 0.2) is 24.5 Å². The third kappa shape index (κ3) is 4.84. The lowest BCUT2D eigenvalue weighted by Crippen LogP contribution is -2.48. The molecule has 2 unspecified atom stereocenters. The summed E-state index contributed by atoms with van der Waals surface area (Å²) in [5, 5.41) is 13.2. The van der Waals surface area contributed by atoms with Crippen LogP contribution in [-0.4, -0.2) is 59.2 Å². The van der Waals surface area contributed by atoms with Gasteiger partial charge < -0.3 is 15.2 Å². The molecule has 2 aromatic heterocycles. The molecule has 0 aliphatic heterocycles. The Kier molecular flexibility index (Phi) is 6.74. The van der Waals surface area contributed by atoms with Gasteiger partial charge in [-0.05, 0) is 43.9 Å². The number of carboxylic acid groups (broad SMARTS) is 1. The number of aromatic carboxylic acids is 1. The van der Waals surface area contributed by atoms with Crippen LogP contribution in [-0.2, 0) is 10.0 Å². The summed E-state index contributed by atoms with van der Waals surface area (Å²) in [4.78, 5) is 20.7. The Bertz CT molecular complexity index is 1340. The summed E-state index contributed by atoms with van der Waals surface area (Å²) < 4.78 is 46.0. The van der Waals surface area contributed by atoms with Crippen molar-refractivity contribution in [2.45, 2.75) is 44.8 Å². The molecule has 9 nitrogen and oxygen atoms in total. The van der Waals surface area contributed by atoms with Crippen LogP contribution in [0.5, 0.6) is 5.75 Å². The van der Waals surface area contributed by atoms with E-state index in [1.807, 2.05) is 0 Å². The Labute approximate surface area is 200 Å². The fraction of sp³-hybridized carbons (Fsp3) is 0.409. The van der Waals surface area contributed by atoms with Gasteiger partial charge in [-0.2, -0.15) is 4.31 Å². The van der Waals surface area contributed by atoms with Crippen molar-refractivity contribution in [3.8, 4) is 5.75 Å². The average molecular weight is 509 g/mol. The molecule has 4 rings (SSSR count). The number of carboxylic acids is 1. The maximum absolute atomic E-state index is 14.2. The number of anilines is 2. The van der Waals surface area contributed by atoms with Gasteiger partial charge in [-0.3, -0.25) is 0 Å². The molecule has 1 aliphatic carbocycles. The van der Waals surface area contributed by atoms with Crippen molar-refractivity contribution in [2.24, 2.45) is 0 Å². The maximum Gasteiger partial charge on any atom is 0.346 e. The molecule has 1 aliphatic rings. The van der Waals surface area contributed by atoms with E-state index in [4.69, 9.17) is 4.74 Å². The fourth-order valence-electron chi connectivity index (χ4n) is 4.23. The fourth-order valence-corrected chi connectivity index (χ4v) is 5.96. The Morgan fingerprint density at radius 3 is 2.74 bits per heavy atom. The van der Waals surface area contributed by atoms with E-state index in [1.54, 1.807) is 6.92 Å². The molecule has 0 bridgehead atoms. The standard InChI is InChI=1S/C22H25FN4O5S2/c1-12-18-20(24-11-25-21(18)33-19(12)22(28)29)26-14-9-8-13(23)10-17(14)32-16-7-5-4-6-15(16)27(2)34(3,30)31/h8-11,15-16H,4-7H2,1-3H3,(H,28,29)(H,24,25,26). The van der Waals surface area contributed by atoms with E-state index in [0.717, 1.165) is 30.4 Å². The van der Waals surface area contributed by atoms with Crippen LogP contribution in [0.4, 0.5) is 15.9 Å². The van der Waals surface area contributed by atoms with Crippen LogP contribution in [0.1, 0.15) is 40.9 Å². The molecule has 12 heteroatoms. The highest BCUT2D eigenvalue weighted by atomic mass is 32.2. The van der Waals surface area contributed by atoms with Crippen molar-refractivity contribution in [3.63, 3.8) is 0 Å². The number of halogens is 1. The lowest BCUT2D eigenvalue weighted by Gasteiger charge is -2.37. The van der Waals surface area contributed by atoms with Crippen molar-refractivity contribution < 1.29 is 27.4 Å². The van der Waals surface area contributed by atoms with Gasteiger partial charge in [0, 0.05) is 13.1 Å². The molecule has 0 amide bonds. The molecule has 2 heterocycles. The maximum atomic E-state index is 14.2. The van der Waals surface area contributed by atoms with Gasteiger partial charge in [-0.25, -0.2) is 27.6 Å². The third-order valence-electron chi connectivity index (χ3n) is 6.05. The van der Waals surface area contributed by atoms with Crippen LogP contribution < -0.4 is 10.1 Å².